The minimum absolute atomic E-state index is 0.0687. The fourth-order valence-corrected chi connectivity index (χ4v) is 2.20. The fourth-order valence-electron chi connectivity index (χ4n) is 2.20. The summed E-state index contributed by atoms with van der Waals surface area (Å²) >= 11 is 0. The van der Waals surface area contributed by atoms with Crippen molar-refractivity contribution in [2.45, 2.75) is 39.7 Å². The summed E-state index contributed by atoms with van der Waals surface area (Å²) in [6, 6.07) is 0. The van der Waals surface area contributed by atoms with E-state index in [2.05, 4.69) is 10.6 Å². The molecule has 2 atom stereocenters. The molecular formula is C13H26N2O2. The molecule has 0 aliphatic carbocycles. The lowest BCUT2D eigenvalue weighted by Gasteiger charge is -2.36. The maximum atomic E-state index is 12.2. The van der Waals surface area contributed by atoms with Gasteiger partial charge in [-0.1, -0.05) is 13.8 Å². The number of methoxy groups -OCH3 is 1. The first-order valence-corrected chi connectivity index (χ1v) is 6.50. The topological polar surface area (TPSA) is 50.4 Å². The second kappa shape index (κ2) is 6.36. The Labute approximate surface area is 104 Å². The fraction of sp³-hybridized carbons (Fsp3) is 0.923. The van der Waals surface area contributed by atoms with Crippen LogP contribution in [0.25, 0.3) is 0 Å². The van der Waals surface area contributed by atoms with Crippen LogP contribution < -0.4 is 10.6 Å². The maximum Gasteiger partial charge on any atom is 0.226 e. The van der Waals surface area contributed by atoms with Crippen LogP contribution in [0.1, 0.15) is 33.6 Å². The van der Waals surface area contributed by atoms with Gasteiger partial charge in [-0.3, -0.25) is 4.79 Å². The minimum atomic E-state index is -0.305. The van der Waals surface area contributed by atoms with Crippen LogP contribution in [0, 0.1) is 11.3 Å². The summed E-state index contributed by atoms with van der Waals surface area (Å²) < 4.78 is 5.13. The van der Waals surface area contributed by atoms with Crippen molar-refractivity contribution >= 4 is 5.91 Å². The molecule has 1 saturated heterocycles. The number of carbonyl (C=O) groups is 1. The molecule has 100 valence electrons. The Morgan fingerprint density at radius 3 is 2.82 bits per heavy atom. The zero-order valence-electron chi connectivity index (χ0n) is 11.5. The lowest BCUT2D eigenvalue weighted by atomic mass is 9.74. The maximum absolute atomic E-state index is 12.2. The third-order valence-corrected chi connectivity index (χ3v) is 3.86. The van der Waals surface area contributed by atoms with Crippen molar-refractivity contribution in [3.05, 3.63) is 0 Å². The molecule has 17 heavy (non-hydrogen) atoms. The summed E-state index contributed by atoms with van der Waals surface area (Å²) in [4.78, 5) is 12.2. The van der Waals surface area contributed by atoms with E-state index in [-0.39, 0.29) is 17.4 Å². The molecule has 1 fully saturated rings. The lowest BCUT2D eigenvalue weighted by Crippen LogP contribution is -2.48. The normalized spacial score (nSPS) is 23.2. The van der Waals surface area contributed by atoms with Crippen LogP contribution in [0.15, 0.2) is 0 Å². The van der Waals surface area contributed by atoms with Gasteiger partial charge in [0.05, 0.1) is 6.10 Å². The van der Waals surface area contributed by atoms with Crippen molar-refractivity contribution in [2.24, 2.45) is 11.3 Å². The zero-order chi connectivity index (χ0) is 12.9. The number of rotatable bonds is 5. The number of carbonyl (C=O) groups excluding carboxylic acids is 1. The van der Waals surface area contributed by atoms with Crippen molar-refractivity contribution in [1.82, 2.24) is 10.6 Å². The van der Waals surface area contributed by atoms with E-state index in [0.29, 0.717) is 12.5 Å². The monoisotopic (exact) mass is 242 g/mol. The molecule has 0 spiro atoms. The number of piperidine rings is 1. The highest BCUT2D eigenvalue weighted by Gasteiger charge is 2.37. The summed E-state index contributed by atoms with van der Waals surface area (Å²) in [5, 5.41) is 6.35. The van der Waals surface area contributed by atoms with Crippen molar-refractivity contribution in [1.29, 1.82) is 0 Å². The molecule has 0 aromatic carbocycles. The summed E-state index contributed by atoms with van der Waals surface area (Å²) in [7, 11) is 1.66. The third-order valence-electron chi connectivity index (χ3n) is 3.86. The predicted octanol–water partition coefficient (Wildman–Crippen LogP) is 1.16. The zero-order valence-corrected chi connectivity index (χ0v) is 11.5. The van der Waals surface area contributed by atoms with Crippen LogP contribution in [0.3, 0.4) is 0 Å². The quantitative estimate of drug-likeness (QED) is 0.761. The summed E-state index contributed by atoms with van der Waals surface area (Å²) in [6.45, 7) is 8.64. The summed E-state index contributed by atoms with van der Waals surface area (Å²) in [6.07, 6.45) is 2.36. The van der Waals surface area contributed by atoms with Gasteiger partial charge in [-0.25, -0.2) is 0 Å². The summed E-state index contributed by atoms with van der Waals surface area (Å²) in [5.41, 5.74) is -0.305. The Morgan fingerprint density at radius 1 is 1.59 bits per heavy atom. The van der Waals surface area contributed by atoms with E-state index in [9.17, 15) is 4.79 Å². The van der Waals surface area contributed by atoms with Gasteiger partial charge in [0.25, 0.3) is 0 Å². The molecular weight excluding hydrogens is 216 g/mol. The van der Waals surface area contributed by atoms with Crippen molar-refractivity contribution < 1.29 is 9.53 Å². The van der Waals surface area contributed by atoms with Gasteiger partial charge in [0, 0.05) is 19.1 Å². The first kappa shape index (κ1) is 14.5. The minimum Gasteiger partial charge on any atom is -0.380 e. The first-order chi connectivity index (χ1) is 7.98. The summed E-state index contributed by atoms with van der Waals surface area (Å²) in [5.74, 6) is 0.559. The van der Waals surface area contributed by atoms with Crippen molar-refractivity contribution in [3.8, 4) is 0 Å². The Bertz CT molecular complexity index is 248. The van der Waals surface area contributed by atoms with Crippen molar-refractivity contribution in [3.63, 3.8) is 0 Å². The smallest absolute Gasteiger partial charge is 0.226 e. The van der Waals surface area contributed by atoms with Crippen molar-refractivity contribution in [2.75, 3.05) is 26.7 Å². The molecule has 4 nitrogen and oxygen atoms in total. The lowest BCUT2D eigenvalue weighted by molar-refractivity contribution is -0.133. The van der Waals surface area contributed by atoms with Gasteiger partial charge < -0.3 is 15.4 Å². The van der Waals surface area contributed by atoms with E-state index in [1.165, 1.54) is 0 Å². The van der Waals surface area contributed by atoms with E-state index < -0.39 is 0 Å². The first-order valence-electron chi connectivity index (χ1n) is 6.50. The molecule has 1 heterocycles. The standard InChI is InChI=1S/C13H26N2O2/c1-10(17-4)8-15-12(16)13(2,3)11-6-5-7-14-9-11/h10-11,14H,5-9H2,1-4H3,(H,15,16). The highest BCUT2D eigenvalue weighted by Crippen LogP contribution is 2.31. The Hall–Kier alpha value is -0.610. The molecule has 0 aromatic rings. The average molecular weight is 242 g/mol. The number of hydrogen-bond donors (Lipinski definition) is 2. The molecule has 1 aliphatic rings. The van der Waals surface area contributed by atoms with Crippen LogP contribution in [-0.4, -0.2) is 38.8 Å². The Balaban J connectivity index is 2.47. The van der Waals surface area contributed by atoms with Crippen LogP contribution in [0.4, 0.5) is 0 Å². The molecule has 0 bridgehead atoms. The molecule has 1 rings (SSSR count). The van der Waals surface area contributed by atoms with E-state index >= 15 is 0 Å². The molecule has 0 radical (unpaired) electrons. The van der Waals surface area contributed by atoms with Gasteiger partial charge >= 0.3 is 0 Å². The van der Waals surface area contributed by atoms with Crippen LogP contribution >= 0.6 is 0 Å². The van der Waals surface area contributed by atoms with E-state index in [1.54, 1.807) is 7.11 Å². The van der Waals surface area contributed by atoms with Gasteiger partial charge in [0.2, 0.25) is 5.91 Å². The third kappa shape index (κ3) is 3.96. The van der Waals surface area contributed by atoms with Gasteiger partial charge in [-0.15, -0.1) is 0 Å². The van der Waals surface area contributed by atoms with Gasteiger partial charge in [-0.2, -0.15) is 0 Å². The second-order valence-corrected chi connectivity index (χ2v) is 5.52. The molecule has 2 unspecified atom stereocenters. The molecule has 1 amide bonds. The molecule has 1 aliphatic heterocycles. The number of nitrogens with one attached hydrogen (secondary N) is 2. The van der Waals surface area contributed by atoms with E-state index in [0.717, 1.165) is 25.9 Å². The van der Waals surface area contributed by atoms with E-state index in [4.69, 9.17) is 4.74 Å². The predicted molar refractivity (Wildman–Crippen MR) is 68.9 cm³/mol. The molecule has 0 aromatic heterocycles. The van der Waals surface area contributed by atoms with Gasteiger partial charge in [0.1, 0.15) is 0 Å². The Morgan fingerprint density at radius 2 is 2.29 bits per heavy atom. The van der Waals surface area contributed by atoms with Gasteiger partial charge in [0.15, 0.2) is 0 Å². The molecule has 0 saturated carbocycles. The average Bonchev–Trinajstić information content (AvgIpc) is 2.36. The van der Waals surface area contributed by atoms with E-state index in [1.807, 2.05) is 20.8 Å². The Kier molecular flexibility index (Phi) is 5.40. The second-order valence-electron chi connectivity index (χ2n) is 5.52. The number of amides is 1. The van der Waals surface area contributed by atoms with Crippen LogP contribution in [-0.2, 0) is 9.53 Å². The van der Waals surface area contributed by atoms with Crippen LogP contribution in [0.5, 0.6) is 0 Å². The SMILES string of the molecule is COC(C)CNC(=O)C(C)(C)C1CCCNC1. The number of ether oxygens (including phenoxy) is 1. The largest absolute Gasteiger partial charge is 0.380 e. The molecule has 4 heteroatoms. The number of hydrogen-bond acceptors (Lipinski definition) is 3. The van der Waals surface area contributed by atoms with Gasteiger partial charge in [-0.05, 0) is 38.8 Å². The molecule has 2 N–H and O–H groups in total. The van der Waals surface area contributed by atoms with Crippen LogP contribution in [0.2, 0.25) is 0 Å². The highest BCUT2D eigenvalue weighted by molar-refractivity contribution is 5.82. The highest BCUT2D eigenvalue weighted by atomic mass is 16.5.